The van der Waals surface area contributed by atoms with Crippen molar-refractivity contribution in [2.75, 3.05) is 13.1 Å². The van der Waals surface area contributed by atoms with E-state index in [1.807, 2.05) is 4.90 Å². The second kappa shape index (κ2) is 6.00. The summed E-state index contributed by atoms with van der Waals surface area (Å²) in [5, 5.41) is 4.00. The van der Waals surface area contributed by atoms with E-state index < -0.39 is 0 Å². The lowest BCUT2D eigenvalue weighted by molar-refractivity contribution is -0.133. The molecule has 2 aromatic rings. The first kappa shape index (κ1) is 15.3. The van der Waals surface area contributed by atoms with Gasteiger partial charge in [-0.15, -0.1) is 0 Å². The van der Waals surface area contributed by atoms with Crippen LogP contribution in [0.3, 0.4) is 0 Å². The van der Waals surface area contributed by atoms with Gasteiger partial charge in [0.2, 0.25) is 11.8 Å². The number of nitrogens with zero attached hydrogens (tertiary/aromatic N) is 3. The average molecular weight is 329 g/mol. The quantitative estimate of drug-likeness (QED) is 0.868. The lowest BCUT2D eigenvalue weighted by Crippen LogP contribution is -2.40. The van der Waals surface area contributed by atoms with E-state index in [4.69, 9.17) is 4.52 Å². The number of amides is 1. The number of likely N-dealkylation sites (tertiary alicyclic amines) is 1. The summed E-state index contributed by atoms with van der Waals surface area (Å²) in [6, 6.07) is 6.50. The molecule has 126 valence electrons. The van der Waals surface area contributed by atoms with Crippen LogP contribution in [0.2, 0.25) is 0 Å². The molecule has 1 amide bonds. The van der Waals surface area contributed by atoms with Crippen LogP contribution in [0, 0.1) is 18.7 Å². The predicted molar refractivity (Wildman–Crippen MR) is 84.8 cm³/mol. The number of carbonyl (C=O) groups excluding carboxylic acids is 1. The van der Waals surface area contributed by atoms with Gasteiger partial charge >= 0.3 is 0 Å². The van der Waals surface area contributed by atoms with Crippen LogP contribution in [0.1, 0.15) is 48.4 Å². The fourth-order valence-corrected chi connectivity index (χ4v) is 3.65. The van der Waals surface area contributed by atoms with Crippen molar-refractivity contribution in [3.8, 4) is 0 Å². The van der Waals surface area contributed by atoms with Gasteiger partial charge in [-0.25, -0.2) is 4.39 Å². The molecule has 3 atom stereocenters. The summed E-state index contributed by atoms with van der Waals surface area (Å²) in [6.07, 6.45) is 2.79. The van der Waals surface area contributed by atoms with Crippen molar-refractivity contribution < 1.29 is 13.7 Å². The molecule has 1 saturated carbocycles. The highest BCUT2D eigenvalue weighted by Gasteiger charge is 2.46. The van der Waals surface area contributed by atoms with E-state index >= 15 is 0 Å². The lowest BCUT2D eigenvalue weighted by Gasteiger charge is -2.31. The number of carbonyl (C=O) groups is 1. The van der Waals surface area contributed by atoms with Gasteiger partial charge in [0, 0.05) is 31.8 Å². The standard InChI is InChI=1S/C18H20FN3O2/c1-11-20-17(21-24-11)13-3-2-8-22(10-13)18(23)16-9-15(16)12-4-6-14(19)7-5-12/h4-7,13,15-16H,2-3,8-10H2,1H3/t13-,15-,16-/m1/s1. The first-order valence-corrected chi connectivity index (χ1v) is 8.46. The summed E-state index contributed by atoms with van der Waals surface area (Å²) in [5.41, 5.74) is 1.05. The Labute approximate surface area is 139 Å². The van der Waals surface area contributed by atoms with Crippen LogP contribution in [-0.4, -0.2) is 34.0 Å². The SMILES string of the molecule is Cc1nc([C@@H]2CCCN(C(=O)[C@@H]3C[C@@H]3c3ccc(F)cc3)C2)no1. The Bertz CT molecular complexity index is 743. The summed E-state index contributed by atoms with van der Waals surface area (Å²) in [7, 11) is 0. The molecule has 0 spiro atoms. The summed E-state index contributed by atoms with van der Waals surface area (Å²) in [5.74, 6) is 1.64. The van der Waals surface area contributed by atoms with Crippen molar-refractivity contribution in [3.63, 3.8) is 0 Å². The molecule has 0 N–H and O–H groups in total. The van der Waals surface area contributed by atoms with Gasteiger partial charge in [-0.3, -0.25) is 4.79 Å². The maximum absolute atomic E-state index is 13.0. The van der Waals surface area contributed by atoms with Gasteiger partial charge in [-0.2, -0.15) is 4.98 Å². The highest BCUT2D eigenvalue weighted by molar-refractivity contribution is 5.83. The van der Waals surface area contributed by atoms with E-state index in [1.54, 1.807) is 19.1 Å². The van der Waals surface area contributed by atoms with E-state index in [2.05, 4.69) is 10.1 Å². The van der Waals surface area contributed by atoms with Crippen LogP contribution in [0.25, 0.3) is 0 Å². The van der Waals surface area contributed by atoms with Gasteiger partial charge in [0.25, 0.3) is 0 Å². The van der Waals surface area contributed by atoms with Gasteiger partial charge in [-0.1, -0.05) is 17.3 Å². The number of hydrogen-bond donors (Lipinski definition) is 0. The molecule has 2 fully saturated rings. The molecular weight excluding hydrogens is 309 g/mol. The highest BCUT2D eigenvalue weighted by atomic mass is 19.1. The van der Waals surface area contributed by atoms with E-state index in [-0.39, 0.29) is 29.5 Å². The molecule has 6 heteroatoms. The van der Waals surface area contributed by atoms with Crippen LogP contribution in [-0.2, 0) is 4.79 Å². The van der Waals surface area contributed by atoms with E-state index in [0.29, 0.717) is 18.3 Å². The van der Waals surface area contributed by atoms with Gasteiger partial charge in [0.1, 0.15) is 5.82 Å². The van der Waals surface area contributed by atoms with Crippen LogP contribution < -0.4 is 0 Å². The van der Waals surface area contributed by atoms with Gasteiger partial charge in [-0.05, 0) is 42.9 Å². The third-order valence-electron chi connectivity index (χ3n) is 5.05. The summed E-state index contributed by atoms with van der Waals surface area (Å²) in [4.78, 5) is 19.0. The van der Waals surface area contributed by atoms with E-state index in [1.165, 1.54) is 12.1 Å². The van der Waals surface area contributed by atoms with Crippen molar-refractivity contribution in [2.24, 2.45) is 5.92 Å². The molecule has 0 unspecified atom stereocenters. The predicted octanol–water partition coefficient (Wildman–Crippen LogP) is 3.03. The number of hydrogen-bond acceptors (Lipinski definition) is 4. The maximum atomic E-state index is 13.0. The first-order valence-electron chi connectivity index (χ1n) is 8.46. The summed E-state index contributed by atoms with van der Waals surface area (Å²) in [6.45, 7) is 3.23. The second-order valence-corrected chi connectivity index (χ2v) is 6.80. The smallest absolute Gasteiger partial charge is 0.226 e. The van der Waals surface area contributed by atoms with Crippen LogP contribution >= 0.6 is 0 Å². The Balaban J connectivity index is 1.41. The maximum Gasteiger partial charge on any atom is 0.226 e. The number of rotatable bonds is 3. The van der Waals surface area contributed by atoms with Crippen LogP contribution in [0.15, 0.2) is 28.8 Å². The molecule has 5 nitrogen and oxygen atoms in total. The molecule has 2 aliphatic rings. The Hall–Kier alpha value is -2.24. The molecule has 1 aliphatic carbocycles. The molecule has 0 bridgehead atoms. The Morgan fingerprint density at radius 2 is 2.12 bits per heavy atom. The molecule has 24 heavy (non-hydrogen) atoms. The van der Waals surface area contributed by atoms with E-state index in [0.717, 1.165) is 31.4 Å². The fraction of sp³-hybridized carbons (Fsp3) is 0.500. The van der Waals surface area contributed by atoms with Crippen molar-refractivity contribution in [3.05, 3.63) is 47.4 Å². The van der Waals surface area contributed by atoms with E-state index in [9.17, 15) is 9.18 Å². The first-order chi connectivity index (χ1) is 11.6. The molecule has 2 heterocycles. The monoisotopic (exact) mass is 329 g/mol. The zero-order chi connectivity index (χ0) is 16.7. The largest absolute Gasteiger partial charge is 0.342 e. The number of benzene rings is 1. The van der Waals surface area contributed by atoms with Crippen molar-refractivity contribution in [1.82, 2.24) is 15.0 Å². The zero-order valence-corrected chi connectivity index (χ0v) is 13.6. The lowest BCUT2D eigenvalue weighted by atomic mass is 9.96. The van der Waals surface area contributed by atoms with Crippen molar-refractivity contribution >= 4 is 5.91 Å². The van der Waals surface area contributed by atoms with Gasteiger partial charge in [0.05, 0.1) is 0 Å². The number of aryl methyl sites for hydroxylation is 1. The minimum atomic E-state index is -0.239. The molecule has 0 radical (unpaired) electrons. The van der Waals surface area contributed by atoms with Crippen molar-refractivity contribution in [1.29, 1.82) is 0 Å². The topological polar surface area (TPSA) is 59.2 Å². The fourth-order valence-electron chi connectivity index (χ4n) is 3.65. The molecular formula is C18H20FN3O2. The summed E-state index contributed by atoms with van der Waals surface area (Å²) >= 11 is 0. The molecule has 1 saturated heterocycles. The minimum absolute atomic E-state index is 0.0289. The normalized spacial score (nSPS) is 26.4. The minimum Gasteiger partial charge on any atom is -0.342 e. The Morgan fingerprint density at radius 3 is 2.83 bits per heavy atom. The van der Waals surface area contributed by atoms with Gasteiger partial charge in [0.15, 0.2) is 5.82 Å². The number of aromatic nitrogens is 2. The Morgan fingerprint density at radius 1 is 1.33 bits per heavy atom. The third-order valence-corrected chi connectivity index (χ3v) is 5.05. The van der Waals surface area contributed by atoms with Crippen LogP contribution in [0.4, 0.5) is 4.39 Å². The highest BCUT2D eigenvalue weighted by Crippen LogP contribution is 2.48. The molecule has 4 rings (SSSR count). The second-order valence-electron chi connectivity index (χ2n) is 6.80. The third kappa shape index (κ3) is 2.92. The van der Waals surface area contributed by atoms with Gasteiger partial charge < -0.3 is 9.42 Å². The average Bonchev–Trinajstić information content (AvgIpc) is 3.28. The zero-order valence-electron chi connectivity index (χ0n) is 13.6. The van der Waals surface area contributed by atoms with Crippen molar-refractivity contribution in [2.45, 2.75) is 38.0 Å². The Kier molecular flexibility index (Phi) is 3.82. The van der Waals surface area contributed by atoms with Crippen LogP contribution in [0.5, 0.6) is 0 Å². The molecule has 1 aromatic carbocycles. The summed E-state index contributed by atoms with van der Waals surface area (Å²) < 4.78 is 18.1. The number of piperidine rings is 1. The number of halogens is 1. The molecule has 1 aromatic heterocycles. The molecule has 1 aliphatic heterocycles.